The van der Waals surface area contributed by atoms with Gasteiger partial charge in [0, 0.05) is 23.9 Å². The van der Waals surface area contributed by atoms with Crippen LogP contribution in [0.4, 0.5) is 5.69 Å². The smallest absolute Gasteiger partial charge is 0.159 e. The third-order valence-electron chi connectivity index (χ3n) is 3.67. The first kappa shape index (κ1) is 12.7. The monoisotopic (exact) mass is 263 g/mol. The van der Waals surface area contributed by atoms with Crippen molar-refractivity contribution in [3.63, 3.8) is 0 Å². The molecule has 2 aromatic rings. The Morgan fingerprint density at radius 1 is 0.950 bits per heavy atom. The van der Waals surface area contributed by atoms with E-state index in [0.717, 1.165) is 11.4 Å². The highest BCUT2D eigenvalue weighted by Gasteiger charge is 2.28. The van der Waals surface area contributed by atoms with E-state index in [4.69, 9.17) is 0 Å². The predicted molar refractivity (Wildman–Crippen MR) is 81.5 cm³/mol. The lowest BCUT2D eigenvalue weighted by Crippen LogP contribution is -2.32. The molecule has 20 heavy (non-hydrogen) atoms. The fourth-order valence-electron chi connectivity index (χ4n) is 2.80. The molecule has 3 rings (SSSR count). The summed E-state index contributed by atoms with van der Waals surface area (Å²) in [4.78, 5) is 14.2. The van der Waals surface area contributed by atoms with Gasteiger partial charge in [-0.1, -0.05) is 48.5 Å². The Bertz CT molecular complexity index is 631. The topological polar surface area (TPSA) is 20.3 Å². The second kappa shape index (κ2) is 5.33. The lowest BCUT2D eigenvalue weighted by atomic mass is 9.94. The summed E-state index contributed by atoms with van der Waals surface area (Å²) in [6, 6.07) is 20.6. The van der Waals surface area contributed by atoms with Crippen LogP contribution in [0, 0.1) is 0 Å². The average molecular weight is 263 g/mol. The summed E-state index contributed by atoms with van der Waals surface area (Å²) < 4.78 is 0. The molecule has 100 valence electrons. The summed E-state index contributed by atoms with van der Waals surface area (Å²) >= 11 is 0. The van der Waals surface area contributed by atoms with Crippen molar-refractivity contribution in [3.8, 4) is 0 Å². The summed E-state index contributed by atoms with van der Waals surface area (Å²) in [7, 11) is 0. The molecule has 0 N–H and O–H groups in total. The minimum absolute atomic E-state index is 0.0797. The Kier molecular flexibility index (Phi) is 3.38. The summed E-state index contributed by atoms with van der Waals surface area (Å²) in [5, 5.41) is 0. The Morgan fingerprint density at radius 3 is 2.20 bits per heavy atom. The summed E-state index contributed by atoms with van der Waals surface area (Å²) in [5.74, 6) is 0.198. The van der Waals surface area contributed by atoms with E-state index < -0.39 is 0 Å². The second-order valence-electron chi connectivity index (χ2n) is 5.09. The van der Waals surface area contributed by atoms with E-state index in [9.17, 15) is 4.79 Å². The van der Waals surface area contributed by atoms with Gasteiger partial charge in [0.05, 0.1) is 6.04 Å². The van der Waals surface area contributed by atoms with Gasteiger partial charge in [0.15, 0.2) is 5.78 Å². The minimum atomic E-state index is 0.0797. The zero-order valence-corrected chi connectivity index (χ0v) is 11.5. The van der Waals surface area contributed by atoms with Crippen LogP contribution in [0.25, 0.3) is 0 Å². The Hall–Kier alpha value is -2.35. The van der Waals surface area contributed by atoms with Gasteiger partial charge in [0.2, 0.25) is 0 Å². The molecule has 0 fully saturated rings. The van der Waals surface area contributed by atoms with Crippen LogP contribution in [-0.4, -0.2) is 5.78 Å². The molecule has 0 aliphatic carbocycles. The molecule has 0 spiro atoms. The molecule has 0 saturated carbocycles. The SMILES string of the molecule is CC1=CC(=O)CC(c2ccccc2)N1c1ccccc1. The van der Waals surface area contributed by atoms with E-state index in [-0.39, 0.29) is 11.8 Å². The van der Waals surface area contributed by atoms with Gasteiger partial charge in [-0.2, -0.15) is 0 Å². The third-order valence-corrected chi connectivity index (χ3v) is 3.67. The maximum Gasteiger partial charge on any atom is 0.159 e. The Morgan fingerprint density at radius 2 is 1.55 bits per heavy atom. The number of ketones is 1. The van der Waals surface area contributed by atoms with Gasteiger partial charge < -0.3 is 4.90 Å². The highest BCUT2D eigenvalue weighted by Crippen LogP contribution is 2.36. The van der Waals surface area contributed by atoms with Crippen LogP contribution in [-0.2, 0) is 4.79 Å². The van der Waals surface area contributed by atoms with Crippen LogP contribution in [0.2, 0.25) is 0 Å². The third kappa shape index (κ3) is 2.37. The van der Waals surface area contributed by atoms with Gasteiger partial charge >= 0.3 is 0 Å². The highest BCUT2D eigenvalue weighted by molar-refractivity contribution is 5.93. The first-order chi connectivity index (χ1) is 9.75. The van der Waals surface area contributed by atoms with E-state index in [2.05, 4.69) is 29.2 Å². The van der Waals surface area contributed by atoms with Gasteiger partial charge in [0.25, 0.3) is 0 Å². The lowest BCUT2D eigenvalue weighted by Gasteiger charge is -2.37. The van der Waals surface area contributed by atoms with Crippen molar-refractivity contribution in [2.45, 2.75) is 19.4 Å². The summed E-state index contributed by atoms with van der Waals surface area (Å²) in [6.07, 6.45) is 2.27. The van der Waals surface area contributed by atoms with Gasteiger partial charge in [0.1, 0.15) is 0 Å². The van der Waals surface area contributed by atoms with Gasteiger partial charge in [-0.05, 0) is 24.6 Å². The molecule has 1 unspecified atom stereocenters. The number of carbonyl (C=O) groups is 1. The minimum Gasteiger partial charge on any atom is -0.337 e. The molecule has 0 bridgehead atoms. The number of rotatable bonds is 2. The molecular weight excluding hydrogens is 246 g/mol. The number of allylic oxidation sites excluding steroid dienone is 2. The quantitative estimate of drug-likeness (QED) is 0.812. The normalized spacial score (nSPS) is 18.9. The number of carbonyl (C=O) groups excluding carboxylic acids is 1. The molecule has 2 heteroatoms. The molecule has 1 heterocycles. The van der Waals surface area contributed by atoms with Crippen LogP contribution in [0.3, 0.4) is 0 Å². The van der Waals surface area contributed by atoms with Crippen molar-refractivity contribution < 1.29 is 4.79 Å². The first-order valence-electron chi connectivity index (χ1n) is 6.86. The summed E-state index contributed by atoms with van der Waals surface area (Å²) in [5.41, 5.74) is 3.31. The van der Waals surface area contributed by atoms with Crippen molar-refractivity contribution in [2.24, 2.45) is 0 Å². The average Bonchev–Trinajstić information content (AvgIpc) is 2.48. The van der Waals surface area contributed by atoms with Crippen molar-refractivity contribution in [1.82, 2.24) is 0 Å². The largest absolute Gasteiger partial charge is 0.337 e. The van der Waals surface area contributed by atoms with Crippen LogP contribution in [0.1, 0.15) is 24.9 Å². The molecular formula is C18H17NO. The molecule has 0 radical (unpaired) electrons. The molecule has 2 aromatic carbocycles. The van der Waals surface area contributed by atoms with Crippen molar-refractivity contribution in [1.29, 1.82) is 0 Å². The number of hydrogen-bond donors (Lipinski definition) is 0. The van der Waals surface area contributed by atoms with Gasteiger partial charge in [-0.15, -0.1) is 0 Å². The van der Waals surface area contributed by atoms with E-state index in [1.165, 1.54) is 5.56 Å². The number of para-hydroxylation sites is 1. The molecule has 1 aliphatic heterocycles. The number of nitrogens with zero attached hydrogens (tertiary/aromatic N) is 1. The maximum atomic E-state index is 11.9. The Balaban J connectivity index is 2.07. The van der Waals surface area contributed by atoms with Crippen molar-refractivity contribution >= 4 is 11.5 Å². The molecule has 0 aromatic heterocycles. The first-order valence-corrected chi connectivity index (χ1v) is 6.86. The van der Waals surface area contributed by atoms with Crippen molar-refractivity contribution in [2.75, 3.05) is 4.90 Å². The molecule has 0 amide bonds. The zero-order chi connectivity index (χ0) is 13.9. The van der Waals surface area contributed by atoms with Gasteiger partial charge in [-0.3, -0.25) is 4.79 Å². The fourth-order valence-corrected chi connectivity index (χ4v) is 2.80. The zero-order valence-electron chi connectivity index (χ0n) is 11.5. The second-order valence-corrected chi connectivity index (χ2v) is 5.09. The molecule has 1 aliphatic rings. The van der Waals surface area contributed by atoms with Crippen molar-refractivity contribution in [3.05, 3.63) is 78.0 Å². The van der Waals surface area contributed by atoms with E-state index >= 15 is 0 Å². The standard InChI is InChI=1S/C18H17NO/c1-14-12-17(20)13-18(15-8-4-2-5-9-15)19(14)16-10-6-3-7-11-16/h2-12,18H,13H2,1H3. The fraction of sp³-hybridized carbons (Fsp3) is 0.167. The molecule has 0 saturated heterocycles. The predicted octanol–water partition coefficient (Wildman–Crippen LogP) is 4.11. The van der Waals surface area contributed by atoms with Crippen LogP contribution in [0.15, 0.2) is 72.4 Å². The van der Waals surface area contributed by atoms with Crippen LogP contribution < -0.4 is 4.90 Å². The van der Waals surface area contributed by atoms with Gasteiger partial charge in [-0.25, -0.2) is 0 Å². The Labute approximate surface area is 119 Å². The lowest BCUT2D eigenvalue weighted by molar-refractivity contribution is -0.115. The van der Waals surface area contributed by atoms with Crippen LogP contribution >= 0.6 is 0 Å². The highest BCUT2D eigenvalue weighted by atomic mass is 16.1. The number of hydrogen-bond acceptors (Lipinski definition) is 2. The summed E-state index contributed by atoms with van der Waals surface area (Å²) in [6.45, 7) is 2.00. The van der Waals surface area contributed by atoms with E-state index in [1.807, 2.05) is 43.3 Å². The number of anilines is 1. The van der Waals surface area contributed by atoms with E-state index in [1.54, 1.807) is 6.08 Å². The maximum absolute atomic E-state index is 11.9. The molecule has 2 nitrogen and oxygen atoms in total. The van der Waals surface area contributed by atoms with Crippen LogP contribution in [0.5, 0.6) is 0 Å². The number of benzene rings is 2. The van der Waals surface area contributed by atoms with E-state index in [0.29, 0.717) is 6.42 Å². The molecule has 1 atom stereocenters.